The summed E-state index contributed by atoms with van der Waals surface area (Å²) >= 11 is 3.46. The summed E-state index contributed by atoms with van der Waals surface area (Å²) in [5.74, 6) is -0.225. The van der Waals surface area contributed by atoms with Crippen LogP contribution < -0.4 is 5.32 Å². The lowest BCUT2D eigenvalue weighted by atomic mass is 9.97. The number of halogens is 2. The van der Waals surface area contributed by atoms with E-state index < -0.39 is 0 Å². The molecular formula is C17H19BrFN. The van der Waals surface area contributed by atoms with Gasteiger partial charge in [0.2, 0.25) is 0 Å². The summed E-state index contributed by atoms with van der Waals surface area (Å²) in [6, 6.07) is 13.5. The fourth-order valence-electron chi connectivity index (χ4n) is 2.29. The van der Waals surface area contributed by atoms with Gasteiger partial charge in [0, 0.05) is 4.47 Å². The summed E-state index contributed by atoms with van der Waals surface area (Å²) in [6.07, 6.45) is 1.03. The maximum atomic E-state index is 13.2. The van der Waals surface area contributed by atoms with E-state index >= 15 is 0 Å². The Bertz CT molecular complexity index is 566. The molecule has 0 saturated heterocycles. The van der Waals surface area contributed by atoms with E-state index in [1.54, 1.807) is 0 Å². The molecule has 2 aromatic rings. The zero-order chi connectivity index (χ0) is 14.5. The van der Waals surface area contributed by atoms with E-state index in [1.807, 2.05) is 6.07 Å². The second-order valence-corrected chi connectivity index (χ2v) is 5.61. The van der Waals surface area contributed by atoms with Gasteiger partial charge in [0.15, 0.2) is 0 Å². The molecule has 0 fully saturated rings. The van der Waals surface area contributed by atoms with Crippen molar-refractivity contribution in [1.29, 1.82) is 0 Å². The van der Waals surface area contributed by atoms with Crippen LogP contribution in [-0.2, 0) is 6.42 Å². The predicted molar refractivity (Wildman–Crippen MR) is 85.4 cm³/mol. The Morgan fingerprint density at radius 3 is 2.35 bits per heavy atom. The number of nitrogens with one attached hydrogen (secondary N) is 1. The minimum Gasteiger partial charge on any atom is -0.306 e. The van der Waals surface area contributed by atoms with E-state index in [0.717, 1.165) is 23.0 Å². The van der Waals surface area contributed by atoms with E-state index in [0.29, 0.717) is 0 Å². The van der Waals surface area contributed by atoms with Crippen molar-refractivity contribution in [3.05, 3.63) is 69.4 Å². The van der Waals surface area contributed by atoms with Crippen molar-refractivity contribution in [2.45, 2.75) is 26.3 Å². The maximum Gasteiger partial charge on any atom is 0.124 e. The highest BCUT2D eigenvalue weighted by molar-refractivity contribution is 9.10. The van der Waals surface area contributed by atoms with Gasteiger partial charge in [-0.3, -0.25) is 0 Å². The summed E-state index contributed by atoms with van der Waals surface area (Å²) in [5, 5.41) is 3.46. The Morgan fingerprint density at radius 1 is 1.10 bits per heavy atom. The highest BCUT2D eigenvalue weighted by Gasteiger charge is 2.16. The zero-order valence-electron chi connectivity index (χ0n) is 11.8. The second kappa shape index (κ2) is 7.00. The SMILES string of the molecule is CCNC(c1ccc(CC)cc1)c1ccc(F)cc1Br. The van der Waals surface area contributed by atoms with Crippen LogP contribution in [0, 0.1) is 5.82 Å². The average molecular weight is 336 g/mol. The smallest absolute Gasteiger partial charge is 0.124 e. The lowest BCUT2D eigenvalue weighted by molar-refractivity contribution is 0.611. The van der Waals surface area contributed by atoms with E-state index in [2.05, 4.69) is 59.4 Å². The van der Waals surface area contributed by atoms with Gasteiger partial charge < -0.3 is 5.32 Å². The molecule has 0 amide bonds. The average Bonchev–Trinajstić information content (AvgIpc) is 2.46. The van der Waals surface area contributed by atoms with Crippen molar-refractivity contribution in [2.75, 3.05) is 6.54 Å². The number of benzene rings is 2. The topological polar surface area (TPSA) is 12.0 Å². The van der Waals surface area contributed by atoms with E-state index in [-0.39, 0.29) is 11.9 Å². The molecule has 0 aromatic heterocycles. The Morgan fingerprint density at radius 2 is 1.80 bits per heavy atom. The molecule has 0 radical (unpaired) electrons. The van der Waals surface area contributed by atoms with Gasteiger partial charge in [-0.05, 0) is 41.8 Å². The Balaban J connectivity index is 2.38. The molecular weight excluding hydrogens is 317 g/mol. The molecule has 0 aliphatic carbocycles. The minimum atomic E-state index is -0.225. The van der Waals surface area contributed by atoms with Crippen LogP contribution in [0.1, 0.15) is 36.6 Å². The first kappa shape index (κ1) is 15.2. The quantitative estimate of drug-likeness (QED) is 0.823. The predicted octanol–water partition coefficient (Wildman–Crippen LogP) is 4.85. The molecule has 2 aromatic carbocycles. The van der Waals surface area contributed by atoms with Crippen LogP contribution in [0.4, 0.5) is 4.39 Å². The van der Waals surface area contributed by atoms with Gasteiger partial charge in [0.25, 0.3) is 0 Å². The van der Waals surface area contributed by atoms with Gasteiger partial charge in [0.1, 0.15) is 5.82 Å². The fourth-order valence-corrected chi connectivity index (χ4v) is 2.87. The summed E-state index contributed by atoms with van der Waals surface area (Å²) in [4.78, 5) is 0. The van der Waals surface area contributed by atoms with E-state index in [9.17, 15) is 4.39 Å². The zero-order valence-corrected chi connectivity index (χ0v) is 13.4. The largest absolute Gasteiger partial charge is 0.306 e. The lowest BCUT2D eigenvalue weighted by Gasteiger charge is -2.20. The third kappa shape index (κ3) is 3.47. The molecule has 1 unspecified atom stereocenters. The summed E-state index contributed by atoms with van der Waals surface area (Å²) in [5.41, 5.74) is 3.57. The first-order valence-corrected chi connectivity index (χ1v) is 7.72. The molecule has 1 atom stereocenters. The Hall–Kier alpha value is -1.19. The third-order valence-corrected chi connectivity index (χ3v) is 4.09. The standard InChI is InChI=1S/C17H19BrFN/c1-3-12-5-7-13(8-6-12)17(20-4-2)15-10-9-14(19)11-16(15)18/h5-11,17,20H,3-4H2,1-2H3. The Kier molecular flexibility index (Phi) is 5.32. The first-order chi connectivity index (χ1) is 9.65. The van der Waals surface area contributed by atoms with Crippen LogP contribution in [0.15, 0.2) is 46.9 Å². The molecule has 0 aliphatic rings. The van der Waals surface area contributed by atoms with Crippen LogP contribution >= 0.6 is 15.9 Å². The lowest BCUT2D eigenvalue weighted by Crippen LogP contribution is -2.22. The van der Waals surface area contributed by atoms with Crippen molar-refractivity contribution in [3.8, 4) is 0 Å². The minimum absolute atomic E-state index is 0.0703. The van der Waals surface area contributed by atoms with Gasteiger partial charge in [-0.2, -0.15) is 0 Å². The first-order valence-electron chi connectivity index (χ1n) is 6.92. The van der Waals surface area contributed by atoms with Gasteiger partial charge >= 0.3 is 0 Å². The molecule has 1 N–H and O–H groups in total. The summed E-state index contributed by atoms with van der Waals surface area (Å²) in [6.45, 7) is 5.07. The number of aryl methyl sites for hydroxylation is 1. The molecule has 0 bridgehead atoms. The third-order valence-electron chi connectivity index (χ3n) is 3.40. The molecule has 0 saturated carbocycles. The summed E-state index contributed by atoms with van der Waals surface area (Å²) < 4.78 is 14.0. The van der Waals surface area contributed by atoms with E-state index in [4.69, 9.17) is 0 Å². The van der Waals surface area contributed by atoms with Crippen molar-refractivity contribution in [1.82, 2.24) is 5.32 Å². The number of hydrogen-bond donors (Lipinski definition) is 1. The molecule has 106 valence electrons. The molecule has 2 rings (SSSR count). The van der Waals surface area contributed by atoms with Crippen LogP contribution in [-0.4, -0.2) is 6.54 Å². The van der Waals surface area contributed by atoms with Gasteiger partial charge in [-0.25, -0.2) is 4.39 Å². The normalized spacial score (nSPS) is 12.4. The molecule has 3 heteroatoms. The fraction of sp³-hybridized carbons (Fsp3) is 0.294. The van der Waals surface area contributed by atoms with Crippen molar-refractivity contribution >= 4 is 15.9 Å². The molecule has 0 heterocycles. The maximum absolute atomic E-state index is 13.2. The number of hydrogen-bond acceptors (Lipinski definition) is 1. The van der Waals surface area contributed by atoms with Gasteiger partial charge in [-0.1, -0.05) is 60.1 Å². The number of rotatable bonds is 5. The van der Waals surface area contributed by atoms with Crippen LogP contribution in [0.3, 0.4) is 0 Å². The van der Waals surface area contributed by atoms with Crippen LogP contribution in [0.25, 0.3) is 0 Å². The van der Waals surface area contributed by atoms with Gasteiger partial charge in [-0.15, -0.1) is 0 Å². The van der Waals surface area contributed by atoms with Crippen molar-refractivity contribution in [2.24, 2.45) is 0 Å². The highest BCUT2D eigenvalue weighted by atomic mass is 79.9. The van der Waals surface area contributed by atoms with Gasteiger partial charge in [0.05, 0.1) is 6.04 Å². The Labute approximate surface area is 128 Å². The molecule has 20 heavy (non-hydrogen) atoms. The molecule has 0 aliphatic heterocycles. The van der Waals surface area contributed by atoms with Crippen molar-refractivity contribution in [3.63, 3.8) is 0 Å². The molecule has 0 spiro atoms. The van der Waals surface area contributed by atoms with Crippen molar-refractivity contribution < 1.29 is 4.39 Å². The summed E-state index contributed by atoms with van der Waals surface area (Å²) in [7, 11) is 0. The van der Waals surface area contributed by atoms with Crippen LogP contribution in [0.5, 0.6) is 0 Å². The second-order valence-electron chi connectivity index (χ2n) is 4.75. The van der Waals surface area contributed by atoms with E-state index in [1.165, 1.54) is 23.3 Å². The van der Waals surface area contributed by atoms with Crippen LogP contribution in [0.2, 0.25) is 0 Å². The monoisotopic (exact) mass is 335 g/mol. The molecule has 1 nitrogen and oxygen atoms in total. The highest BCUT2D eigenvalue weighted by Crippen LogP contribution is 2.29.